The number of allylic oxidation sites excluding steroid dienone is 4. The molecule has 6 rings (SSSR count). The van der Waals surface area contributed by atoms with Crippen LogP contribution in [0.25, 0.3) is 0 Å². The average Bonchev–Trinajstić information content (AvgIpc) is 2.99. The lowest BCUT2D eigenvalue weighted by Crippen LogP contribution is -2.45. The van der Waals surface area contributed by atoms with E-state index in [0.29, 0.717) is 58.7 Å². The summed E-state index contributed by atoms with van der Waals surface area (Å²) in [6.07, 6.45) is 3.14. The SMILES string of the molecule is CCOc1cc(C2C3=C(CC(C)(C)CC3=O)N(CCc3ccccc3)C3=C2C(=O)CC(C)(C)C3)cc(Cl)c1OCc1ccccc1Cl. The third-order valence-corrected chi connectivity index (χ3v) is 10.1. The van der Waals surface area contributed by atoms with Gasteiger partial charge in [-0.3, -0.25) is 9.59 Å². The summed E-state index contributed by atoms with van der Waals surface area (Å²) in [7, 11) is 0. The second kappa shape index (κ2) is 13.2. The summed E-state index contributed by atoms with van der Waals surface area (Å²) in [5.74, 6) is 0.527. The van der Waals surface area contributed by atoms with Gasteiger partial charge in [-0.1, -0.05) is 99.4 Å². The standard InChI is InChI=1S/C40H43Cl2NO4/c1-6-46-34-19-27(18-29(42)38(34)47-24-26-14-10-11-15-28(26)41)35-36-30(20-39(2,3)22-32(36)44)43(17-16-25-12-8-7-9-13-25)31-21-40(4,5)23-33(45)37(31)35/h7-15,18-19,35H,6,16-17,20-24H2,1-5H3. The van der Waals surface area contributed by atoms with Gasteiger partial charge in [0.05, 0.1) is 11.6 Å². The molecule has 0 saturated carbocycles. The van der Waals surface area contributed by atoms with Crippen molar-refractivity contribution >= 4 is 34.8 Å². The predicted octanol–water partition coefficient (Wildman–Crippen LogP) is 9.90. The summed E-state index contributed by atoms with van der Waals surface area (Å²) >= 11 is 13.4. The summed E-state index contributed by atoms with van der Waals surface area (Å²) in [4.78, 5) is 30.9. The monoisotopic (exact) mass is 671 g/mol. The molecule has 0 aromatic heterocycles. The Balaban J connectivity index is 1.49. The first-order valence-corrected chi connectivity index (χ1v) is 17.3. The minimum absolute atomic E-state index is 0.0864. The van der Waals surface area contributed by atoms with Crippen molar-refractivity contribution in [2.75, 3.05) is 13.2 Å². The first-order chi connectivity index (χ1) is 22.4. The number of rotatable bonds is 9. The number of benzene rings is 3. The zero-order valence-corrected chi connectivity index (χ0v) is 29.4. The minimum atomic E-state index is -0.533. The highest BCUT2D eigenvalue weighted by Crippen LogP contribution is 2.55. The molecule has 0 atom stereocenters. The van der Waals surface area contributed by atoms with Crippen LogP contribution < -0.4 is 9.47 Å². The Labute approximate surface area is 288 Å². The minimum Gasteiger partial charge on any atom is -0.490 e. The highest BCUT2D eigenvalue weighted by molar-refractivity contribution is 6.32. The van der Waals surface area contributed by atoms with Gasteiger partial charge in [0.15, 0.2) is 23.1 Å². The maximum absolute atomic E-state index is 14.3. The fourth-order valence-electron chi connectivity index (χ4n) is 7.46. The molecule has 0 radical (unpaired) electrons. The molecule has 1 aliphatic heterocycles. The molecule has 3 aromatic carbocycles. The second-order valence-corrected chi connectivity index (χ2v) is 15.4. The van der Waals surface area contributed by atoms with E-state index in [4.69, 9.17) is 32.7 Å². The summed E-state index contributed by atoms with van der Waals surface area (Å²) in [5, 5.41) is 0.967. The van der Waals surface area contributed by atoms with Crippen LogP contribution in [0, 0.1) is 10.8 Å². The summed E-state index contributed by atoms with van der Waals surface area (Å²) in [6, 6.07) is 21.7. The van der Waals surface area contributed by atoms with E-state index in [1.807, 2.05) is 49.4 Å². The Bertz CT molecular complexity index is 1720. The first-order valence-electron chi connectivity index (χ1n) is 16.5. The lowest BCUT2D eigenvalue weighted by molar-refractivity contribution is -0.119. The number of hydrogen-bond donors (Lipinski definition) is 0. The molecule has 0 saturated heterocycles. The quantitative estimate of drug-likeness (QED) is 0.227. The van der Waals surface area contributed by atoms with Gasteiger partial charge in [0.25, 0.3) is 0 Å². The van der Waals surface area contributed by atoms with Crippen molar-refractivity contribution in [2.24, 2.45) is 10.8 Å². The van der Waals surface area contributed by atoms with Crippen LogP contribution in [0.15, 0.2) is 89.3 Å². The third kappa shape index (κ3) is 6.89. The zero-order chi connectivity index (χ0) is 33.5. The number of carbonyl (C=O) groups excluding carboxylic acids is 2. The van der Waals surface area contributed by atoms with Crippen LogP contribution in [0.2, 0.25) is 10.0 Å². The van der Waals surface area contributed by atoms with Gasteiger partial charge in [0.2, 0.25) is 0 Å². The van der Waals surface area contributed by atoms with E-state index in [1.165, 1.54) is 5.56 Å². The Kier molecular flexibility index (Phi) is 9.34. The molecular formula is C40H43Cl2NO4. The van der Waals surface area contributed by atoms with Gasteiger partial charge in [0, 0.05) is 58.4 Å². The van der Waals surface area contributed by atoms with Crippen LogP contribution in [-0.4, -0.2) is 29.6 Å². The van der Waals surface area contributed by atoms with Crippen LogP contribution in [0.3, 0.4) is 0 Å². The van der Waals surface area contributed by atoms with Crippen LogP contribution in [0.5, 0.6) is 11.5 Å². The van der Waals surface area contributed by atoms with Crippen molar-refractivity contribution in [3.8, 4) is 11.5 Å². The number of carbonyl (C=O) groups is 2. The van der Waals surface area contributed by atoms with E-state index < -0.39 is 5.92 Å². The largest absolute Gasteiger partial charge is 0.490 e. The number of hydrogen-bond acceptors (Lipinski definition) is 5. The van der Waals surface area contributed by atoms with E-state index >= 15 is 0 Å². The van der Waals surface area contributed by atoms with E-state index in [9.17, 15) is 9.59 Å². The average molecular weight is 673 g/mol. The highest BCUT2D eigenvalue weighted by atomic mass is 35.5. The van der Waals surface area contributed by atoms with Crippen LogP contribution in [-0.2, 0) is 22.6 Å². The van der Waals surface area contributed by atoms with Crippen molar-refractivity contribution in [1.82, 2.24) is 4.90 Å². The zero-order valence-electron chi connectivity index (χ0n) is 27.9. The highest BCUT2D eigenvalue weighted by Gasteiger charge is 2.49. The van der Waals surface area contributed by atoms with E-state index in [0.717, 1.165) is 41.8 Å². The molecule has 47 heavy (non-hydrogen) atoms. The van der Waals surface area contributed by atoms with E-state index in [-0.39, 0.29) is 29.0 Å². The molecule has 0 unspecified atom stereocenters. The van der Waals surface area contributed by atoms with Gasteiger partial charge < -0.3 is 14.4 Å². The Hall–Kier alpha value is -3.54. The molecule has 7 heteroatoms. The van der Waals surface area contributed by atoms with Gasteiger partial charge in [-0.15, -0.1) is 0 Å². The molecule has 246 valence electrons. The number of ketones is 2. The molecule has 0 spiro atoms. The fraction of sp³-hybridized carbons (Fsp3) is 0.400. The van der Waals surface area contributed by atoms with Crippen LogP contribution in [0.1, 0.15) is 82.9 Å². The maximum Gasteiger partial charge on any atom is 0.180 e. The lowest BCUT2D eigenvalue weighted by atomic mass is 9.63. The van der Waals surface area contributed by atoms with Crippen LogP contribution in [0.4, 0.5) is 0 Å². The lowest BCUT2D eigenvalue weighted by Gasteiger charge is -2.49. The van der Waals surface area contributed by atoms with Crippen molar-refractivity contribution in [3.63, 3.8) is 0 Å². The summed E-state index contributed by atoms with van der Waals surface area (Å²) in [6.45, 7) is 11.8. The van der Waals surface area contributed by atoms with Gasteiger partial charge in [-0.2, -0.15) is 0 Å². The Morgan fingerprint density at radius 1 is 0.766 bits per heavy atom. The third-order valence-electron chi connectivity index (χ3n) is 9.48. The predicted molar refractivity (Wildman–Crippen MR) is 188 cm³/mol. The number of ether oxygens (including phenoxy) is 2. The molecule has 0 bridgehead atoms. The molecule has 0 N–H and O–H groups in total. The number of halogens is 2. The van der Waals surface area contributed by atoms with Gasteiger partial charge in [0.1, 0.15) is 6.61 Å². The van der Waals surface area contributed by atoms with Gasteiger partial charge in [-0.05, 0) is 66.3 Å². The topological polar surface area (TPSA) is 55.8 Å². The molecule has 0 fully saturated rings. The summed E-state index contributed by atoms with van der Waals surface area (Å²) in [5.41, 5.74) is 5.91. The van der Waals surface area contributed by atoms with Crippen molar-refractivity contribution in [1.29, 1.82) is 0 Å². The van der Waals surface area contributed by atoms with E-state index in [1.54, 1.807) is 0 Å². The number of nitrogens with zero attached hydrogens (tertiary/aromatic N) is 1. The van der Waals surface area contributed by atoms with Crippen LogP contribution >= 0.6 is 23.2 Å². The van der Waals surface area contributed by atoms with Crippen molar-refractivity contribution < 1.29 is 19.1 Å². The molecule has 2 aliphatic carbocycles. The Morgan fingerprint density at radius 3 is 1.96 bits per heavy atom. The van der Waals surface area contributed by atoms with Gasteiger partial charge >= 0.3 is 0 Å². The molecule has 3 aliphatic rings. The maximum atomic E-state index is 14.3. The fourth-order valence-corrected chi connectivity index (χ4v) is 7.92. The first kappa shape index (κ1) is 33.4. The molecule has 1 heterocycles. The molecular weight excluding hydrogens is 629 g/mol. The smallest absolute Gasteiger partial charge is 0.180 e. The normalized spacial score (nSPS) is 19.1. The molecule has 0 amide bonds. The molecule has 3 aromatic rings. The Morgan fingerprint density at radius 2 is 1.36 bits per heavy atom. The molecule has 5 nitrogen and oxygen atoms in total. The van der Waals surface area contributed by atoms with Crippen molar-refractivity contribution in [3.05, 3.63) is 116 Å². The van der Waals surface area contributed by atoms with Gasteiger partial charge in [-0.25, -0.2) is 0 Å². The van der Waals surface area contributed by atoms with E-state index in [2.05, 4.69) is 56.9 Å². The second-order valence-electron chi connectivity index (χ2n) is 14.6. The summed E-state index contributed by atoms with van der Waals surface area (Å²) < 4.78 is 12.3. The number of Topliss-reactive ketones (excluding diaryl/α,β-unsaturated/α-hetero) is 2. The van der Waals surface area contributed by atoms with Crippen molar-refractivity contribution in [2.45, 2.75) is 79.2 Å².